The van der Waals surface area contributed by atoms with Gasteiger partial charge in [-0.1, -0.05) is 20.3 Å². The van der Waals surface area contributed by atoms with Gasteiger partial charge < -0.3 is 4.90 Å². The van der Waals surface area contributed by atoms with E-state index in [0.29, 0.717) is 6.04 Å². The highest BCUT2D eigenvalue weighted by molar-refractivity contribution is 9.10. The van der Waals surface area contributed by atoms with Crippen LogP contribution in [0, 0.1) is 0 Å². The third-order valence-electron chi connectivity index (χ3n) is 3.24. The van der Waals surface area contributed by atoms with Gasteiger partial charge >= 0.3 is 0 Å². The molecule has 1 aliphatic rings. The molecule has 1 heterocycles. The zero-order chi connectivity index (χ0) is 13.0. The van der Waals surface area contributed by atoms with Gasteiger partial charge in [-0.3, -0.25) is 0 Å². The third kappa shape index (κ3) is 3.67. The van der Waals surface area contributed by atoms with Crippen LogP contribution in [0.3, 0.4) is 0 Å². The molecule has 4 heteroatoms. The number of unbranched alkanes of at least 4 members (excludes halogenated alkanes) is 1. The lowest BCUT2D eigenvalue weighted by Crippen LogP contribution is -2.28. The molecule has 0 N–H and O–H groups in total. The predicted octanol–water partition coefficient (Wildman–Crippen LogP) is 3.96. The maximum atomic E-state index is 4.72. The highest BCUT2D eigenvalue weighted by atomic mass is 79.9. The van der Waals surface area contributed by atoms with Crippen LogP contribution in [-0.4, -0.2) is 22.6 Å². The number of aromatic nitrogens is 2. The Bertz CT molecular complexity index is 391. The van der Waals surface area contributed by atoms with Crippen LogP contribution in [0.4, 0.5) is 5.82 Å². The predicted molar refractivity (Wildman–Crippen MR) is 79.0 cm³/mol. The molecule has 1 saturated carbocycles. The summed E-state index contributed by atoms with van der Waals surface area (Å²) in [5, 5.41) is 0. The van der Waals surface area contributed by atoms with Gasteiger partial charge in [0.15, 0.2) is 0 Å². The van der Waals surface area contributed by atoms with E-state index >= 15 is 0 Å². The fourth-order valence-corrected chi connectivity index (χ4v) is 2.54. The number of halogens is 1. The Hall–Kier alpha value is -0.640. The van der Waals surface area contributed by atoms with Crippen molar-refractivity contribution in [3.05, 3.63) is 16.5 Å². The molecule has 100 valence electrons. The Morgan fingerprint density at radius 3 is 2.67 bits per heavy atom. The van der Waals surface area contributed by atoms with E-state index in [1.165, 1.54) is 25.7 Å². The van der Waals surface area contributed by atoms with Gasteiger partial charge in [-0.05, 0) is 41.6 Å². The summed E-state index contributed by atoms with van der Waals surface area (Å²) < 4.78 is 0.915. The van der Waals surface area contributed by atoms with E-state index in [-0.39, 0.29) is 0 Å². The van der Waals surface area contributed by atoms with E-state index in [1.54, 1.807) is 0 Å². The molecule has 0 saturated heterocycles. The van der Waals surface area contributed by atoms with Crippen molar-refractivity contribution in [2.45, 2.75) is 58.4 Å². The van der Waals surface area contributed by atoms with Crippen molar-refractivity contribution >= 4 is 21.7 Å². The summed E-state index contributed by atoms with van der Waals surface area (Å²) in [7, 11) is 0. The lowest BCUT2D eigenvalue weighted by atomic mass is 10.3. The second-order valence-corrected chi connectivity index (χ2v) is 5.81. The summed E-state index contributed by atoms with van der Waals surface area (Å²) in [5.74, 6) is 2.07. The molecule has 1 aromatic heterocycles. The topological polar surface area (TPSA) is 29.0 Å². The number of nitrogens with zero attached hydrogens (tertiary/aromatic N) is 3. The van der Waals surface area contributed by atoms with Gasteiger partial charge in [-0.15, -0.1) is 0 Å². The highest BCUT2D eigenvalue weighted by Crippen LogP contribution is 2.31. The lowest BCUT2D eigenvalue weighted by molar-refractivity contribution is 0.697. The molecule has 18 heavy (non-hydrogen) atoms. The van der Waals surface area contributed by atoms with E-state index in [1.807, 2.05) is 0 Å². The molecular formula is C14H22BrN3. The van der Waals surface area contributed by atoms with Gasteiger partial charge in [0.2, 0.25) is 0 Å². The molecular weight excluding hydrogens is 290 g/mol. The first-order valence-corrected chi connectivity index (χ1v) is 7.84. The number of rotatable bonds is 7. The maximum absolute atomic E-state index is 4.72. The molecule has 0 atom stereocenters. The average molecular weight is 312 g/mol. The van der Waals surface area contributed by atoms with Crippen LogP contribution in [0.5, 0.6) is 0 Å². The average Bonchev–Trinajstić information content (AvgIpc) is 3.14. The van der Waals surface area contributed by atoms with Crippen LogP contribution in [-0.2, 0) is 6.42 Å². The van der Waals surface area contributed by atoms with Crippen LogP contribution in [0.1, 0.15) is 51.8 Å². The Balaban J connectivity index is 2.17. The second kappa shape index (κ2) is 6.50. The van der Waals surface area contributed by atoms with Crippen LogP contribution in [0.25, 0.3) is 0 Å². The largest absolute Gasteiger partial charge is 0.353 e. The highest BCUT2D eigenvalue weighted by Gasteiger charge is 2.29. The number of hydrogen-bond donors (Lipinski definition) is 0. The smallest absolute Gasteiger partial charge is 0.133 e. The first kappa shape index (κ1) is 13.8. The number of aryl methyl sites for hydroxylation is 1. The first-order valence-electron chi connectivity index (χ1n) is 7.04. The Kier molecular flexibility index (Phi) is 4.98. The molecule has 0 amide bonds. The van der Waals surface area contributed by atoms with Crippen molar-refractivity contribution in [1.82, 2.24) is 9.97 Å². The monoisotopic (exact) mass is 311 g/mol. The summed E-state index contributed by atoms with van der Waals surface area (Å²) in [6, 6.07) is 2.78. The zero-order valence-electron chi connectivity index (χ0n) is 11.3. The van der Waals surface area contributed by atoms with Crippen molar-refractivity contribution in [2.24, 2.45) is 0 Å². The lowest BCUT2D eigenvalue weighted by Gasteiger charge is -2.23. The minimum absolute atomic E-state index is 0.716. The summed E-state index contributed by atoms with van der Waals surface area (Å²) in [6.07, 6.45) is 7.15. The Morgan fingerprint density at radius 1 is 1.28 bits per heavy atom. The van der Waals surface area contributed by atoms with Crippen LogP contribution in [0.2, 0.25) is 0 Å². The molecule has 0 spiro atoms. The standard InChI is InChI=1S/C14H22BrN3/c1-3-5-9-18(11-7-8-11)14-10-12(15)16-13(17-14)6-4-2/h10-11H,3-9H2,1-2H3. The zero-order valence-corrected chi connectivity index (χ0v) is 12.9. The van der Waals surface area contributed by atoms with E-state index in [2.05, 4.69) is 45.7 Å². The molecule has 0 aliphatic heterocycles. The quantitative estimate of drug-likeness (QED) is 0.714. The van der Waals surface area contributed by atoms with Gasteiger partial charge in [0.05, 0.1) is 0 Å². The molecule has 0 unspecified atom stereocenters. The van der Waals surface area contributed by atoms with Crippen LogP contribution in [0.15, 0.2) is 10.7 Å². The second-order valence-electron chi connectivity index (χ2n) is 4.99. The van der Waals surface area contributed by atoms with Crippen LogP contribution < -0.4 is 4.90 Å². The van der Waals surface area contributed by atoms with Gasteiger partial charge in [-0.2, -0.15) is 0 Å². The molecule has 1 aromatic rings. The molecule has 0 radical (unpaired) electrons. The molecule has 1 fully saturated rings. The summed E-state index contributed by atoms with van der Waals surface area (Å²) in [4.78, 5) is 11.6. The van der Waals surface area contributed by atoms with Gasteiger partial charge in [0, 0.05) is 25.1 Å². The molecule has 0 aromatic carbocycles. The van der Waals surface area contributed by atoms with Crippen molar-refractivity contribution in [3.63, 3.8) is 0 Å². The summed E-state index contributed by atoms with van der Waals surface area (Å²) in [5.41, 5.74) is 0. The first-order chi connectivity index (χ1) is 8.74. The third-order valence-corrected chi connectivity index (χ3v) is 3.64. The van der Waals surface area contributed by atoms with Crippen molar-refractivity contribution < 1.29 is 0 Å². The SMILES string of the molecule is CCCCN(c1cc(Br)nc(CCC)n1)C1CC1. The minimum Gasteiger partial charge on any atom is -0.353 e. The van der Waals surface area contributed by atoms with E-state index in [0.717, 1.165) is 35.6 Å². The minimum atomic E-state index is 0.716. The van der Waals surface area contributed by atoms with Gasteiger partial charge in [0.25, 0.3) is 0 Å². The number of anilines is 1. The van der Waals surface area contributed by atoms with E-state index in [4.69, 9.17) is 4.98 Å². The fraction of sp³-hybridized carbons (Fsp3) is 0.714. The van der Waals surface area contributed by atoms with Gasteiger partial charge in [0.1, 0.15) is 16.2 Å². The van der Waals surface area contributed by atoms with E-state index in [9.17, 15) is 0 Å². The molecule has 0 bridgehead atoms. The van der Waals surface area contributed by atoms with Crippen molar-refractivity contribution in [2.75, 3.05) is 11.4 Å². The molecule has 2 rings (SSSR count). The van der Waals surface area contributed by atoms with Gasteiger partial charge in [-0.25, -0.2) is 9.97 Å². The Labute approximate surface area is 118 Å². The van der Waals surface area contributed by atoms with Crippen molar-refractivity contribution in [1.29, 1.82) is 0 Å². The fourth-order valence-electron chi connectivity index (χ4n) is 2.13. The normalized spacial score (nSPS) is 14.8. The number of hydrogen-bond acceptors (Lipinski definition) is 3. The van der Waals surface area contributed by atoms with Crippen LogP contribution >= 0.6 is 15.9 Å². The summed E-state index contributed by atoms with van der Waals surface area (Å²) >= 11 is 3.51. The molecule has 3 nitrogen and oxygen atoms in total. The van der Waals surface area contributed by atoms with E-state index < -0.39 is 0 Å². The van der Waals surface area contributed by atoms with Crippen molar-refractivity contribution in [3.8, 4) is 0 Å². The molecule has 1 aliphatic carbocycles. The summed E-state index contributed by atoms with van der Waals surface area (Å²) in [6.45, 7) is 5.53. The maximum Gasteiger partial charge on any atom is 0.133 e. The Morgan fingerprint density at radius 2 is 2.06 bits per heavy atom.